The van der Waals surface area contributed by atoms with Gasteiger partial charge in [0.2, 0.25) is 0 Å². The van der Waals surface area contributed by atoms with E-state index in [1.54, 1.807) is 0 Å². The lowest BCUT2D eigenvalue weighted by Crippen LogP contribution is -2.40. The predicted octanol–water partition coefficient (Wildman–Crippen LogP) is 0.361. The van der Waals surface area contributed by atoms with Crippen molar-refractivity contribution in [2.45, 2.75) is 18.7 Å². The first-order valence-electron chi connectivity index (χ1n) is 5.49. The number of aliphatic hydroxyl groups is 2. The fourth-order valence-corrected chi connectivity index (χ4v) is 1.95. The molecular formula is C12H15NO4. The maximum Gasteiger partial charge on any atom is 0.410 e. The SMILES string of the molecule is O=C1O[C@@H](CO)[C@H](CO)N1Cc1ccccc1. The minimum atomic E-state index is -0.642. The average Bonchev–Trinajstić information content (AvgIpc) is 2.67. The zero-order chi connectivity index (χ0) is 12.3. The summed E-state index contributed by atoms with van der Waals surface area (Å²) in [7, 11) is 0. The molecular weight excluding hydrogens is 222 g/mol. The largest absolute Gasteiger partial charge is 0.441 e. The molecule has 1 aromatic rings. The Labute approximate surface area is 99.2 Å². The maximum atomic E-state index is 11.6. The summed E-state index contributed by atoms with van der Waals surface area (Å²) in [5.74, 6) is 0. The second-order valence-corrected chi connectivity index (χ2v) is 3.97. The Bertz CT molecular complexity index is 381. The lowest BCUT2D eigenvalue weighted by molar-refractivity contribution is 0.0672. The Hall–Kier alpha value is -1.59. The van der Waals surface area contributed by atoms with Gasteiger partial charge in [-0.1, -0.05) is 30.3 Å². The Kier molecular flexibility index (Phi) is 3.61. The van der Waals surface area contributed by atoms with Crippen molar-refractivity contribution in [3.05, 3.63) is 35.9 Å². The van der Waals surface area contributed by atoms with Crippen molar-refractivity contribution in [1.82, 2.24) is 4.90 Å². The van der Waals surface area contributed by atoms with Gasteiger partial charge in [-0.05, 0) is 5.56 Å². The third-order valence-corrected chi connectivity index (χ3v) is 2.88. The van der Waals surface area contributed by atoms with E-state index in [4.69, 9.17) is 9.84 Å². The number of amides is 1. The number of hydrogen-bond donors (Lipinski definition) is 2. The van der Waals surface area contributed by atoms with Crippen molar-refractivity contribution in [3.63, 3.8) is 0 Å². The number of carbonyl (C=O) groups excluding carboxylic acids is 1. The van der Waals surface area contributed by atoms with Gasteiger partial charge >= 0.3 is 6.09 Å². The molecule has 0 saturated carbocycles. The highest BCUT2D eigenvalue weighted by Gasteiger charge is 2.40. The molecule has 5 nitrogen and oxygen atoms in total. The zero-order valence-corrected chi connectivity index (χ0v) is 9.32. The molecule has 1 aromatic carbocycles. The van der Waals surface area contributed by atoms with Crippen LogP contribution in [0.4, 0.5) is 4.79 Å². The first-order valence-corrected chi connectivity index (χ1v) is 5.49. The van der Waals surface area contributed by atoms with E-state index in [0.717, 1.165) is 5.56 Å². The van der Waals surface area contributed by atoms with Crippen LogP contribution < -0.4 is 0 Å². The topological polar surface area (TPSA) is 70.0 Å². The number of benzene rings is 1. The second kappa shape index (κ2) is 5.16. The van der Waals surface area contributed by atoms with Crippen molar-refractivity contribution in [3.8, 4) is 0 Å². The second-order valence-electron chi connectivity index (χ2n) is 3.97. The normalized spacial score (nSPS) is 23.9. The van der Waals surface area contributed by atoms with Crippen LogP contribution in [-0.2, 0) is 11.3 Å². The summed E-state index contributed by atoms with van der Waals surface area (Å²) in [6.07, 6.45) is -1.14. The minimum Gasteiger partial charge on any atom is -0.441 e. The van der Waals surface area contributed by atoms with Gasteiger partial charge in [0.1, 0.15) is 6.10 Å². The standard InChI is InChI=1S/C12H15NO4/c14-7-10-11(8-15)17-12(16)13(10)6-9-4-2-1-3-5-9/h1-5,10-11,14-15H,6-8H2/t10-,11-/m0/s1. The number of aliphatic hydroxyl groups excluding tert-OH is 2. The highest BCUT2D eigenvalue weighted by molar-refractivity contribution is 5.70. The predicted molar refractivity (Wildman–Crippen MR) is 60.2 cm³/mol. The van der Waals surface area contributed by atoms with E-state index >= 15 is 0 Å². The fourth-order valence-electron chi connectivity index (χ4n) is 1.95. The molecule has 2 rings (SSSR count). The molecule has 0 unspecified atom stereocenters. The van der Waals surface area contributed by atoms with Gasteiger partial charge in [-0.25, -0.2) is 4.79 Å². The van der Waals surface area contributed by atoms with Crippen molar-refractivity contribution in [2.24, 2.45) is 0 Å². The zero-order valence-electron chi connectivity index (χ0n) is 9.32. The van der Waals surface area contributed by atoms with E-state index in [-0.39, 0.29) is 13.2 Å². The van der Waals surface area contributed by atoms with E-state index in [1.165, 1.54) is 4.90 Å². The van der Waals surface area contributed by atoms with Crippen molar-refractivity contribution >= 4 is 6.09 Å². The highest BCUT2D eigenvalue weighted by Crippen LogP contribution is 2.21. The summed E-state index contributed by atoms with van der Waals surface area (Å²) < 4.78 is 4.98. The number of nitrogens with zero attached hydrogens (tertiary/aromatic N) is 1. The Balaban J connectivity index is 2.11. The van der Waals surface area contributed by atoms with Gasteiger partial charge in [-0.3, -0.25) is 4.90 Å². The smallest absolute Gasteiger partial charge is 0.410 e. The molecule has 1 amide bonds. The van der Waals surface area contributed by atoms with Crippen LogP contribution >= 0.6 is 0 Å². The summed E-state index contributed by atoms with van der Waals surface area (Å²) in [4.78, 5) is 13.0. The molecule has 0 bridgehead atoms. The molecule has 1 saturated heterocycles. The molecule has 2 N–H and O–H groups in total. The van der Waals surface area contributed by atoms with Crippen LogP contribution in [0.15, 0.2) is 30.3 Å². The Morgan fingerprint density at radius 3 is 2.47 bits per heavy atom. The molecule has 1 heterocycles. The van der Waals surface area contributed by atoms with Crippen LogP contribution in [0.2, 0.25) is 0 Å². The van der Waals surface area contributed by atoms with E-state index in [2.05, 4.69) is 0 Å². The van der Waals surface area contributed by atoms with E-state index in [0.29, 0.717) is 6.54 Å². The molecule has 92 valence electrons. The van der Waals surface area contributed by atoms with Gasteiger partial charge < -0.3 is 14.9 Å². The molecule has 0 aliphatic carbocycles. The quantitative estimate of drug-likeness (QED) is 0.793. The minimum absolute atomic E-state index is 0.218. The number of rotatable bonds is 4. The molecule has 1 aliphatic heterocycles. The molecule has 1 aliphatic rings. The lowest BCUT2D eigenvalue weighted by Gasteiger charge is -2.21. The summed E-state index contributed by atoms with van der Waals surface area (Å²) in [5.41, 5.74) is 0.960. The van der Waals surface area contributed by atoms with Crippen LogP contribution in [0.3, 0.4) is 0 Å². The first-order chi connectivity index (χ1) is 8.26. The summed E-state index contributed by atoms with van der Waals surface area (Å²) in [5, 5.41) is 18.3. The summed E-state index contributed by atoms with van der Waals surface area (Å²) in [6, 6.07) is 8.98. The van der Waals surface area contributed by atoms with Crippen LogP contribution in [0, 0.1) is 0 Å². The Morgan fingerprint density at radius 2 is 1.88 bits per heavy atom. The van der Waals surface area contributed by atoms with Crippen LogP contribution in [-0.4, -0.2) is 46.6 Å². The number of hydrogen-bond acceptors (Lipinski definition) is 4. The van der Waals surface area contributed by atoms with E-state index in [9.17, 15) is 9.90 Å². The van der Waals surface area contributed by atoms with Crippen molar-refractivity contribution in [2.75, 3.05) is 13.2 Å². The number of ether oxygens (including phenoxy) is 1. The molecule has 5 heteroatoms. The summed E-state index contributed by atoms with van der Waals surface area (Å²) in [6.45, 7) is -0.118. The molecule has 0 aromatic heterocycles. The van der Waals surface area contributed by atoms with Gasteiger partial charge in [0.15, 0.2) is 0 Å². The number of cyclic esters (lactones) is 1. The molecule has 0 radical (unpaired) electrons. The molecule has 2 atom stereocenters. The van der Waals surface area contributed by atoms with E-state index < -0.39 is 18.2 Å². The van der Waals surface area contributed by atoms with Gasteiger partial charge in [0.05, 0.1) is 19.3 Å². The molecule has 1 fully saturated rings. The monoisotopic (exact) mass is 237 g/mol. The molecule has 0 spiro atoms. The third-order valence-electron chi connectivity index (χ3n) is 2.88. The third kappa shape index (κ3) is 2.40. The van der Waals surface area contributed by atoms with Gasteiger partial charge in [0.25, 0.3) is 0 Å². The van der Waals surface area contributed by atoms with Gasteiger partial charge in [-0.15, -0.1) is 0 Å². The first kappa shape index (κ1) is 11.9. The average molecular weight is 237 g/mol. The van der Waals surface area contributed by atoms with Crippen LogP contribution in [0.1, 0.15) is 5.56 Å². The lowest BCUT2D eigenvalue weighted by atomic mass is 10.1. The van der Waals surface area contributed by atoms with Crippen molar-refractivity contribution in [1.29, 1.82) is 0 Å². The fraction of sp³-hybridized carbons (Fsp3) is 0.417. The molecule has 17 heavy (non-hydrogen) atoms. The summed E-state index contributed by atoms with van der Waals surface area (Å²) >= 11 is 0. The van der Waals surface area contributed by atoms with Crippen LogP contribution in [0.5, 0.6) is 0 Å². The Morgan fingerprint density at radius 1 is 1.18 bits per heavy atom. The van der Waals surface area contributed by atoms with Gasteiger partial charge in [-0.2, -0.15) is 0 Å². The van der Waals surface area contributed by atoms with Crippen molar-refractivity contribution < 1.29 is 19.7 Å². The number of carbonyl (C=O) groups is 1. The van der Waals surface area contributed by atoms with Gasteiger partial charge in [0, 0.05) is 6.54 Å². The highest BCUT2D eigenvalue weighted by atomic mass is 16.6. The maximum absolute atomic E-state index is 11.6. The van der Waals surface area contributed by atoms with Crippen LogP contribution in [0.25, 0.3) is 0 Å². The van der Waals surface area contributed by atoms with E-state index in [1.807, 2.05) is 30.3 Å².